The van der Waals surface area contributed by atoms with Crippen molar-refractivity contribution in [2.75, 3.05) is 45.9 Å². The third-order valence-electron chi connectivity index (χ3n) is 4.48. The predicted octanol–water partition coefficient (Wildman–Crippen LogP) is 0.995. The predicted molar refractivity (Wildman–Crippen MR) is 88.9 cm³/mol. The Balaban J connectivity index is 1.53. The molecule has 0 radical (unpaired) electrons. The highest BCUT2D eigenvalue weighted by Crippen LogP contribution is 2.23. The van der Waals surface area contributed by atoms with Gasteiger partial charge in [0.2, 0.25) is 5.91 Å². The van der Waals surface area contributed by atoms with Gasteiger partial charge in [-0.3, -0.25) is 9.69 Å². The van der Waals surface area contributed by atoms with Crippen LogP contribution in [0.5, 0.6) is 0 Å². The number of likely N-dealkylation sites (tertiary alicyclic amines) is 1. The van der Waals surface area contributed by atoms with Gasteiger partial charge in [0.15, 0.2) is 0 Å². The van der Waals surface area contributed by atoms with E-state index in [9.17, 15) is 9.90 Å². The molecule has 0 unspecified atom stereocenters. The van der Waals surface area contributed by atoms with Gasteiger partial charge in [-0.1, -0.05) is 30.3 Å². The quantitative estimate of drug-likeness (QED) is 0.842. The van der Waals surface area contributed by atoms with Crippen LogP contribution in [0.4, 0.5) is 0 Å². The second-order valence-corrected chi connectivity index (χ2v) is 6.37. The maximum atomic E-state index is 12.3. The number of benzene rings is 1. The van der Waals surface area contributed by atoms with E-state index in [4.69, 9.17) is 4.74 Å². The van der Waals surface area contributed by atoms with E-state index in [1.807, 2.05) is 36.4 Å². The van der Waals surface area contributed by atoms with Crippen molar-refractivity contribution in [1.82, 2.24) is 9.80 Å². The number of nitrogens with zero attached hydrogens (tertiary/aromatic N) is 2. The van der Waals surface area contributed by atoms with Crippen LogP contribution < -0.4 is 0 Å². The molecule has 2 aliphatic heterocycles. The Morgan fingerprint density at radius 2 is 1.96 bits per heavy atom. The fraction of sp³-hybridized carbons (Fsp3) is 0.500. The van der Waals surface area contributed by atoms with Gasteiger partial charge in [-0.25, -0.2) is 0 Å². The van der Waals surface area contributed by atoms with E-state index in [1.54, 1.807) is 11.0 Å². The molecule has 23 heavy (non-hydrogen) atoms. The molecule has 3 rings (SSSR count). The van der Waals surface area contributed by atoms with Crippen LogP contribution in [-0.2, 0) is 9.53 Å². The van der Waals surface area contributed by atoms with Crippen molar-refractivity contribution in [3.63, 3.8) is 0 Å². The molecule has 1 amide bonds. The van der Waals surface area contributed by atoms with E-state index in [0.29, 0.717) is 26.1 Å². The smallest absolute Gasteiger partial charge is 0.246 e. The van der Waals surface area contributed by atoms with Gasteiger partial charge >= 0.3 is 0 Å². The van der Waals surface area contributed by atoms with Crippen LogP contribution in [0.2, 0.25) is 0 Å². The summed E-state index contributed by atoms with van der Waals surface area (Å²) < 4.78 is 5.33. The molecular formula is C18H24N2O3. The zero-order valence-electron chi connectivity index (χ0n) is 13.4. The van der Waals surface area contributed by atoms with Crippen LogP contribution in [-0.4, -0.2) is 72.4 Å². The number of carbonyl (C=O) groups is 1. The molecule has 0 spiro atoms. The van der Waals surface area contributed by atoms with Crippen molar-refractivity contribution in [2.45, 2.75) is 12.0 Å². The third kappa shape index (κ3) is 4.41. The first kappa shape index (κ1) is 16.2. The highest BCUT2D eigenvalue weighted by atomic mass is 16.5. The molecular weight excluding hydrogens is 292 g/mol. The average Bonchev–Trinajstić information content (AvgIpc) is 2.96. The minimum Gasteiger partial charge on any atom is -0.387 e. The Morgan fingerprint density at radius 1 is 1.22 bits per heavy atom. The lowest BCUT2D eigenvalue weighted by Crippen LogP contribution is -2.49. The molecule has 5 heteroatoms. The molecule has 5 nitrogen and oxygen atoms in total. The average molecular weight is 316 g/mol. The molecule has 124 valence electrons. The summed E-state index contributed by atoms with van der Waals surface area (Å²) in [6.45, 7) is 4.77. The summed E-state index contributed by atoms with van der Waals surface area (Å²) in [6, 6.07) is 9.76. The number of hydrogen-bond donors (Lipinski definition) is 1. The number of carbonyl (C=O) groups excluding carboxylic acids is 1. The standard InChI is InChI=1S/C18H24N2O3/c21-17(7-6-16-4-2-1-3-5-16)20-9-8-18(22,15-20)14-19-10-12-23-13-11-19/h1-7,22H,8-15H2/b7-6+/t18-/m1/s1. The summed E-state index contributed by atoms with van der Waals surface area (Å²) in [7, 11) is 0. The summed E-state index contributed by atoms with van der Waals surface area (Å²) >= 11 is 0. The first-order valence-electron chi connectivity index (χ1n) is 8.19. The molecule has 2 fully saturated rings. The zero-order chi connectivity index (χ0) is 16.1. The molecule has 0 aromatic heterocycles. The summed E-state index contributed by atoms with van der Waals surface area (Å²) in [6.07, 6.45) is 4.05. The lowest BCUT2D eigenvalue weighted by molar-refractivity contribution is -0.126. The van der Waals surface area contributed by atoms with Crippen molar-refractivity contribution in [3.05, 3.63) is 42.0 Å². The van der Waals surface area contributed by atoms with Gasteiger partial charge < -0.3 is 14.7 Å². The molecule has 2 heterocycles. The minimum absolute atomic E-state index is 0.0354. The Kier molecular flexibility index (Phi) is 5.10. The van der Waals surface area contributed by atoms with Crippen LogP contribution in [0.15, 0.2) is 36.4 Å². The van der Waals surface area contributed by atoms with Gasteiger partial charge in [0.05, 0.1) is 25.4 Å². The summed E-state index contributed by atoms with van der Waals surface area (Å²) in [5.41, 5.74) is 0.205. The zero-order valence-corrected chi connectivity index (χ0v) is 13.4. The van der Waals surface area contributed by atoms with Gasteiger partial charge in [0.1, 0.15) is 0 Å². The van der Waals surface area contributed by atoms with Crippen LogP contribution in [0.1, 0.15) is 12.0 Å². The molecule has 0 saturated carbocycles. The van der Waals surface area contributed by atoms with Crippen molar-refractivity contribution in [2.24, 2.45) is 0 Å². The number of hydrogen-bond acceptors (Lipinski definition) is 4. The maximum absolute atomic E-state index is 12.3. The first-order chi connectivity index (χ1) is 11.1. The molecule has 0 bridgehead atoms. The molecule has 2 aliphatic rings. The van der Waals surface area contributed by atoms with E-state index >= 15 is 0 Å². The van der Waals surface area contributed by atoms with Gasteiger partial charge in [-0.05, 0) is 18.1 Å². The third-order valence-corrected chi connectivity index (χ3v) is 4.48. The van der Waals surface area contributed by atoms with Crippen LogP contribution in [0.25, 0.3) is 6.08 Å². The van der Waals surface area contributed by atoms with Crippen LogP contribution in [0, 0.1) is 0 Å². The van der Waals surface area contributed by atoms with E-state index in [2.05, 4.69) is 4.90 Å². The van der Waals surface area contributed by atoms with Crippen LogP contribution >= 0.6 is 0 Å². The van der Waals surface area contributed by atoms with E-state index in [1.165, 1.54) is 0 Å². The maximum Gasteiger partial charge on any atom is 0.246 e. The molecule has 2 saturated heterocycles. The fourth-order valence-corrected chi connectivity index (χ4v) is 3.19. The van der Waals surface area contributed by atoms with Crippen molar-refractivity contribution >= 4 is 12.0 Å². The Bertz CT molecular complexity index is 555. The minimum atomic E-state index is -0.798. The Hall–Kier alpha value is -1.69. The lowest BCUT2D eigenvalue weighted by atomic mass is 10.0. The second kappa shape index (κ2) is 7.25. The Labute approximate surface area is 137 Å². The van der Waals surface area contributed by atoms with Crippen molar-refractivity contribution < 1.29 is 14.6 Å². The number of morpholine rings is 1. The van der Waals surface area contributed by atoms with E-state index in [-0.39, 0.29) is 5.91 Å². The first-order valence-corrected chi connectivity index (χ1v) is 8.19. The summed E-state index contributed by atoms with van der Waals surface area (Å²) in [5.74, 6) is -0.0354. The van der Waals surface area contributed by atoms with Crippen molar-refractivity contribution in [1.29, 1.82) is 0 Å². The van der Waals surface area contributed by atoms with E-state index < -0.39 is 5.60 Å². The number of ether oxygens (including phenoxy) is 1. The monoisotopic (exact) mass is 316 g/mol. The normalized spacial score (nSPS) is 26.0. The van der Waals surface area contributed by atoms with Crippen LogP contribution in [0.3, 0.4) is 0 Å². The fourth-order valence-electron chi connectivity index (χ4n) is 3.19. The molecule has 1 aromatic rings. The highest BCUT2D eigenvalue weighted by molar-refractivity contribution is 5.92. The molecule has 1 N–H and O–H groups in total. The highest BCUT2D eigenvalue weighted by Gasteiger charge is 2.39. The largest absolute Gasteiger partial charge is 0.387 e. The molecule has 0 aliphatic carbocycles. The number of β-amino-alcohol motifs (C(OH)–C–C–N with tert-alkyl or cyclic N) is 1. The van der Waals surface area contributed by atoms with Gasteiger partial charge in [-0.15, -0.1) is 0 Å². The number of aliphatic hydroxyl groups is 1. The van der Waals surface area contributed by atoms with Gasteiger partial charge in [-0.2, -0.15) is 0 Å². The Morgan fingerprint density at radius 3 is 2.70 bits per heavy atom. The van der Waals surface area contributed by atoms with E-state index in [0.717, 1.165) is 31.9 Å². The second-order valence-electron chi connectivity index (χ2n) is 6.37. The lowest BCUT2D eigenvalue weighted by Gasteiger charge is -2.33. The summed E-state index contributed by atoms with van der Waals surface area (Å²) in [5, 5.41) is 10.7. The van der Waals surface area contributed by atoms with Gasteiger partial charge in [0, 0.05) is 32.3 Å². The number of rotatable bonds is 4. The topological polar surface area (TPSA) is 53.0 Å². The number of amides is 1. The SMILES string of the molecule is O=C(/C=C/c1ccccc1)N1CC[C@@](O)(CN2CCOCC2)C1. The summed E-state index contributed by atoms with van der Waals surface area (Å²) in [4.78, 5) is 16.2. The molecule has 1 aromatic carbocycles. The van der Waals surface area contributed by atoms with Crippen molar-refractivity contribution in [3.8, 4) is 0 Å². The molecule has 1 atom stereocenters. The van der Waals surface area contributed by atoms with Gasteiger partial charge in [0.25, 0.3) is 0 Å².